The highest BCUT2D eigenvalue weighted by Gasteiger charge is 2.42. The summed E-state index contributed by atoms with van der Waals surface area (Å²) in [5.41, 5.74) is 3.75. The number of benzene rings is 1. The lowest BCUT2D eigenvalue weighted by Crippen LogP contribution is -2.50. The summed E-state index contributed by atoms with van der Waals surface area (Å²) in [6, 6.07) is 5.33. The van der Waals surface area contributed by atoms with Gasteiger partial charge in [0.15, 0.2) is 5.65 Å². The number of nitrogens with zero attached hydrogens (tertiary/aromatic N) is 4. The van der Waals surface area contributed by atoms with Crippen molar-refractivity contribution in [1.82, 2.24) is 24.8 Å². The average Bonchev–Trinajstić information content (AvgIpc) is 3.53. The van der Waals surface area contributed by atoms with E-state index in [0.717, 1.165) is 70.2 Å². The van der Waals surface area contributed by atoms with Gasteiger partial charge in [0, 0.05) is 50.1 Å². The standard InChI is InChI=1S/C27H33ClN6O4SSi/c1-40(2,3)9-8-38-14-33-20-7-6-18(22(28)24(20)39-27(33)37)19-12-30-25-23(19)29-13-21(32-25)34-16-4-5-17(34)11-15(10-16)31-26(35)36/h6-7,12-13,15-17,31H,4-5,8-11,14H2,1-3H3,(H,30,32)(H,35,36). The summed E-state index contributed by atoms with van der Waals surface area (Å²) < 4.78 is 8.22. The molecule has 2 aliphatic heterocycles. The van der Waals surface area contributed by atoms with E-state index in [1.54, 1.807) is 10.8 Å². The maximum absolute atomic E-state index is 12.8. The number of H-pyrrole nitrogens is 1. The predicted molar refractivity (Wildman–Crippen MR) is 162 cm³/mol. The van der Waals surface area contributed by atoms with E-state index in [9.17, 15) is 9.59 Å². The summed E-state index contributed by atoms with van der Waals surface area (Å²) in [5.74, 6) is 0.799. The van der Waals surface area contributed by atoms with Crippen molar-refractivity contribution >= 4 is 64.3 Å². The Bertz CT molecular complexity index is 1630. The van der Waals surface area contributed by atoms with Crippen molar-refractivity contribution in [2.75, 3.05) is 11.5 Å². The summed E-state index contributed by atoms with van der Waals surface area (Å²) >= 11 is 8.02. The molecular weight excluding hydrogens is 568 g/mol. The maximum atomic E-state index is 12.8. The van der Waals surface area contributed by atoms with Crippen LogP contribution in [0.5, 0.6) is 0 Å². The fourth-order valence-electron chi connectivity index (χ4n) is 6.02. The molecule has 1 amide bonds. The van der Waals surface area contributed by atoms with Gasteiger partial charge in [0.1, 0.15) is 18.1 Å². The smallest absolute Gasteiger partial charge is 0.404 e. The van der Waals surface area contributed by atoms with Crippen LogP contribution in [0.3, 0.4) is 0 Å². The quantitative estimate of drug-likeness (QED) is 0.174. The van der Waals surface area contributed by atoms with Gasteiger partial charge >= 0.3 is 11.0 Å². The number of rotatable bonds is 8. The molecule has 40 heavy (non-hydrogen) atoms. The Labute approximate surface area is 241 Å². The molecule has 2 saturated heterocycles. The van der Waals surface area contributed by atoms with Crippen LogP contribution in [0.2, 0.25) is 30.7 Å². The Morgan fingerprint density at radius 3 is 2.70 bits per heavy atom. The number of anilines is 1. The molecule has 0 radical (unpaired) electrons. The van der Waals surface area contributed by atoms with Crippen LogP contribution in [0.4, 0.5) is 10.6 Å². The van der Waals surface area contributed by atoms with E-state index in [2.05, 4.69) is 34.8 Å². The molecular formula is C27H33ClN6O4SSi. The van der Waals surface area contributed by atoms with Gasteiger partial charge < -0.3 is 25.0 Å². The molecule has 6 rings (SSSR count). The lowest BCUT2D eigenvalue weighted by molar-refractivity contribution is 0.0888. The minimum Gasteiger partial charge on any atom is -0.465 e. The molecule has 3 aromatic heterocycles. The number of piperidine rings is 1. The Morgan fingerprint density at radius 1 is 1.25 bits per heavy atom. The predicted octanol–water partition coefficient (Wildman–Crippen LogP) is 5.73. The van der Waals surface area contributed by atoms with Crippen molar-refractivity contribution in [3.8, 4) is 11.1 Å². The second-order valence-corrected chi connectivity index (χ2v) is 18.9. The molecule has 2 fully saturated rings. The summed E-state index contributed by atoms with van der Waals surface area (Å²) in [6.07, 6.45) is 6.25. The van der Waals surface area contributed by atoms with Crippen molar-refractivity contribution < 1.29 is 14.6 Å². The molecule has 13 heteroatoms. The van der Waals surface area contributed by atoms with E-state index in [0.29, 0.717) is 22.8 Å². The average molecular weight is 601 g/mol. The molecule has 3 N–H and O–H groups in total. The van der Waals surface area contributed by atoms with E-state index in [-0.39, 0.29) is 29.7 Å². The van der Waals surface area contributed by atoms with E-state index >= 15 is 0 Å². The van der Waals surface area contributed by atoms with Crippen LogP contribution >= 0.6 is 22.9 Å². The number of halogens is 1. The normalized spacial score (nSPS) is 21.0. The third-order valence-electron chi connectivity index (χ3n) is 7.98. The van der Waals surface area contributed by atoms with Crippen LogP contribution in [0.1, 0.15) is 25.7 Å². The molecule has 212 valence electrons. The molecule has 2 bridgehead atoms. The number of ether oxygens (including phenoxy) is 1. The monoisotopic (exact) mass is 600 g/mol. The first-order valence-electron chi connectivity index (χ1n) is 13.6. The number of carbonyl (C=O) groups is 1. The lowest BCUT2D eigenvalue weighted by atomic mass is 9.97. The maximum Gasteiger partial charge on any atom is 0.404 e. The molecule has 5 heterocycles. The molecule has 10 nitrogen and oxygen atoms in total. The fraction of sp³-hybridized carbons (Fsp3) is 0.481. The lowest BCUT2D eigenvalue weighted by Gasteiger charge is -2.39. The minimum atomic E-state index is -1.21. The summed E-state index contributed by atoms with van der Waals surface area (Å²) in [6.45, 7) is 7.75. The van der Waals surface area contributed by atoms with Crippen LogP contribution in [0, 0.1) is 0 Å². The molecule has 1 aromatic carbocycles. The number of aromatic amines is 1. The second kappa shape index (κ2) is 10.5. The first-order chi connectivity index (χ1) is 19.1. The van der Waals surface area contributed by atoms with Crippen LogP contribution in [-0.2, 0) is 11.5 Å². The summed E-state index contributed by atoms with van der Waals surface area (Å²) in [5, 5.41) is 12.3. The van der Waals surface area contributed by atoms with Gasteiger partial charge in [-0.1, -0.05) is 48.6 Å². The van der Waals surface area contributed by atoms with Gasteiger partial charge in [-0.25, -0.2) is 14.8 Å². The minimum absolute atomic E-state index is 0.0284. The van der Waals surface area contributed by atoms with E-state index in [1.807, 2.05) is 18.3 Å². The second-order valence-electron chi connectivity index (χ2n) is 12.0. The number of nitrogens with one attached hydrogen (secondary N) is 2. The van der Waals surface area contributed by atoms with E-state index < -0.39 is 14.2 Å². The Balaban J connectivity index is 1.25. The summed E-state index contributed by atoms with van der Waals surface area (Å²) in [7, 11) is -1.21. The van der Waals surface area contributed by atoms with E-state index in [1.165, 1.54) is 0 Å². The molecule has 0 spiro atoms. The fourth-order valence-corrected chi connectivity index (χ4v) is 8.07. The molecule has 0 aliphatic carbocycles. The Kier molecular flexibility index (Phi) is 7.14. The first-order valence-corrected chi connectivity index (χ1v) is 18.5. The van der Waals surface area contributed by atoms with Crippen LogP contribution in [-0.4, -0.2) is 63.5 Å². The van der Waals surface area contributed by atoms with Crippen molar-refractivity contribution in [1.29, 1.82) is 0 Å². The molecule has 2 atom stereocenters. The number of aromatic nitrogens is 4. The highest BCUT2D eigenvalue weighted by atomic mass is 35.5. The van der Waals surface area contributed by atoms with Gasteiger partial charge in [0.2, 0.25) is 0 Å². The van der Waals surface area contributed by atoms with Crippen LogP contribution in [0.15, 0.2) is 29.3 Å². The molecule has 4 aromatic rings. The SMILES string of the molecule is C[Si](C)(C)CCOCn1c(=O)sc2c(Cl)c(-c3c[nH]c4nc(N5C6CCC5CC(NC(=O)O)C6)cnc34)ccc21. The zero-order valence-corrected chi connectivity index (χ0v) is 25.3. The number of hydrogen-bond donors (Lipinski definition) is 3. The van der Waals surface area contributed by atoms with Gasteiger partial charge in [0.05, 0.1) is 21.4 Å². The summed E-state index contributed by atoms with van der Waals surface area (Å²) in [4.78, 5) is 39.1. The van der Waals surface area contributed by atoms with Crippen LogP contribution < -0.4 is 15.1 Å². The largest absolute Gasteiger partial charge is 0.465 e. The number of thiazole rings is 1. The Morgan fingerprint density at radius 2 is 2.00 bits per heavy atom. The topological polar surface area (TPSA) is 125 Å². The van der Waals surface area contributed by atoms with Gasteiger partial charge in [-0.15, -0.1) is 0 Å². The van der Waals surface area contributed by atoms with Gasteiger partial charge in [-0.2, -0.15) is 0 Å². The highest BCUT2D eigenvalue weighted by molar-refractivity contribution is 7.17. The van der Waals surface area contributed by atoms with Gasteiger partial charge in [-0.3, -0.25) is 9.36 Å². The zero-order valence-electron chi connectivity index (χ0n) is 22.7. The van der Waals surface area contributed by atoms with Crippen molar-refractivity contribution in [3.05, 3.63) is 39.2 Å². The highest BCUT2D eigenvalue weighted by Crippen LogP contribution is 2.41. The van der Waals surface area contributed by atoms with Gasteiger partial charge in [0.25, 0.3) is 0 Å². The molecule has 2 aliphatic rings. The third-order valence-corrected chi connectivity index (χ3v) is 11.2. The number of hydrogen-bond acceptors (Lipinski definition) is 7. The van der Waals surface area contributed by atoms with Crippen molar-refractivity contribution in [3.63, 3.8) is 0 Å². The molecule has 0 saturated carbocycles. The first kappa shape index (κ1) is 27.2. The number of amides is 1. The van der Waals surface area contributed by atoms with Crippen molar-refractivity contribution in [2.45, 2.75) is 76.2 Å². The Hall–Kier alpha value is -2.93. The van der Waals surface area contributed by atoms with Crippen LogP contribution in [0.25, 0.3) is 32.5 Å². The van der Waals surface area contributed by atoms with E-state index in [4.69, 9.17) is 31.4 Å². The number of carboxylic acid groups (broad SMARTS) is 1. The molecule has 2 unspecified atom stereocenters. The van der Waals surface area contributed by atoms with Gasteiger partial charge in [-0.05, 0) is 37.8 Å². The third kappa shape index (κ3) is 5.13. The zero-order chi connectivity index (χ0) is 28.2. The number of fused-ring (bicyclic) bond motifs is 4. The van der Waals surface area contributed by atoms with Crippen molar-refractivity contribution in [2.24, 2.45) is 0 Å².